The molecule has 2 N–H and O–H groups in total. The minimum atomic E-state index is -0.798. The van der Waals surface area contributed by atoms with Crippen molar-refractivity contribution in [3.8, 4) is 0 Å². The largest absolute Gasteiger partial charge is 0.336 e. The van der Waals surface area contributed by atoms with E-state index in [1.807, 2.05) is 19.0 Å². The van der Waals surface area contributed by atoms with Crippen LogP contribution in [-0.2, 0) is 0 Å². The van der Waals surface area contributed by atoms with E-state index in [9.17, 15) is 13.6 Å². The van der Waals surface area contributed by atoms with Gasteiger partial charge in [0.15, 0.2) is 0 Å². The Morgan fingerprint density at radius 1 is 1.30 bits per heavy atom. The standard InChI is InChI=1S/C14H21F2N3O/c1-9(2)13(19(3)4)8-17-14(20)18-12-6-5-10(15)7-11(12)16/h5-7,9,13H,8H2,1-4H3,(H2,17,18,20)/t13-/m1/s1. The molecule has 4 nitrogen and oxygen atoms in total. The number of nitrogens with zero attached hydrogens (tertiary/aromatic N) is 1. The molecule has 0 bridgehead atoms. The fraction of sp³-hybridized carbons (Fsp3) is 0.500. The Morgan fingerprint density at radius 3 is 2.45 bits per heavy atom. The molecule has 0 aliphatic heterocycles. The molecule has 112 valence electrons. The molecule has 0 radical (unpaired) electrons. The average Bonchev–Trinajstić information content (AvgIpc) is 2.32. The van der Waals surface area contributed by atoms with Crippen molar-refractivity contribution in [2.75, 3.05) is 26.0 Å². The van der Waals surface area contributed by atoms with E-state index in [1.165, 1.54) is 6.07 Å². The van der Waals surface area contributed by atoms with Crippen LogP contribution in [0.5, 0.6) is 0 Å². The predicted molar refractivity (Wildman–Crippen MR) is 75.7 cm³/mol. The molecular formula is C14H21F2N3O. The van der Waals surface area contributed by atoms with Gasteiger partial charge in [-0.15, -0.1) is 0 Å². The number of rotatable bonds is 5. The molecule has 0 aliphatic rings. The van der Waals surface area contributed by atoms with Crippen molar-refractivity contribution >= 4 is 11.7 Å². The molecule has 0 saturated heterocycles. The first kappa shape index (κ1) is 16.4. The highest BCUT2D eigenvalue weighted by molar-refractivity contribution is 5.89. The Hall–Kier alpha value is -1.69. The van der Waals surface area contributed by atoms with Crippen LogP contribution in [0.2, 0.25) is 0 Å². The van der Waals surface area contributed by atoms with E-state index in [0.717, 1.165) is 12.1 Å². The van der Waals surface area contributed by atoms with Crippen molar-refractivity contribution in [2.24, 2.45) is 5.92 Å². The number of benzene rings is 1. The van der Waals surface area contributed by atoms with Crippen molar-refractivity contribution in [2.45, 2.75) is 19.9 Å². The zero-order chi connectivity index (χ0) is 15.3. The van der Waals surface area contributed by atoms with Crippen molar-refractivity contribution in [1.29, 1.82) is 0 Å². The minimum absolute atomic E-state index is 0.0464. The monoisotopic (exact) mass is 285 g/mol. The summed E-state index contributed by atoms with van der Waals surface area (Å²) in [4.78, 5) is 13.7. The van der Waals surface area contributed by atoms with Gasteiger partial charge in [0.25, 0.3) is 0 Å². The molecule has 6 heteroatoms. The minimum Gasteiger partial charge on any atom is -0.336 e. The summed E-state index contributed by atoms with van der Waals surface area (Å²) in [5, 5.41) is 5.04. The Morgan fingerprint density at radius 2 is 1.95 bits per heavy atom. The van der Waals surface area contributed by atoms with E-state index >= 15 is 0 Å². The molecule has 0 spiro atoms. The third kappa shape index (κ3) is 4.77. The van der Waals surface area contributed by atoms with E-state index in [1.54, 1.807) is 0 Å². The number of nitrogens with one attached hydrogen (secondary N) is 2. The normalized spacial score (nSPS) is 12.6. The number of carbonyl (C=O) groups excluding carboxylic acids is 1. The van der Waals surface area contributed by atoms with Crippen LogP contribution in [0, 0.1) is 17.6 Å². The second-order valence-electron chi connectivity index (χ2n) is 5.23. The van der Waals surface area contributed by atoms with Crippen LogP contribution in [0.15, 0.2) is 18.2 Å². The molecule has 1 rings (SSSR count). The molecule has 0 aromatic heterocycles. The molecular weight excluding hydrogens is 264 g/mol. The summed E-state index contributed by atoms with van der Waals surface area (Å²) in [6.45, 7) is 4.56. The highest BCUT2D eigenvalue weighted by atomic mass is 19.1. The topological polar surface area (TPSA) is 44.4 Å². The molecule has 0 heterocycles. The molecule has 0 fully saturated rings. The molecule has 1 aromatic rings. The molecule has 2 amide bonds. The summed E-state index contributed by atoms with van der Waals surface area (Å²) in [5.74, 6) is -1.11. The quantitative estimate of drug-likeness (QED) is 0.873. The first-order chi connectivity index (χ1) is 9.31. The summed E-state index contributed by atoms with van der Waals surface area (Å²) in [7, 11) is 3.87. The second-order valence-corrected chi connectivity index (χ2v) is 5.23. The van der Waals surface area contributed by atoms with Crippen LogP contribution in [0.3, 0.4) is 0 Å². The maximum atomic E-state index is 13.4. The lowest BCUT2D eigenvalue weighted by molar-refractivity contribution is 0.218. The number of halogens is 2. The predicted octanol–water partition coefficient (Wildman–Crippen LogP) is 2.67. The van der Waals surface area contributed by atoms with Crippen LogP contribution in [0.1, 0.15) is 13.8 Å². The maximum absolute atomic E-state index is 13.4. The summed E-state index contributed by atoms with van der Waals surface area (Å²) < 4.78 is 26.1. The second kappa shape index (κ2) is 7.19. The molecule has 0 unspecified atom stereocenters. The van der Waals surface area contributed by atoms with Crippen LogP contribution < -0.4 is 10.6 Å². The van der Waals surface area contributed by atoms with Gasteiger partial charge in [-0.2, -0.15) is 0 Å². The Labute approximate surface area is 118 Å². The lowest BCUT2D eigenvalue weighted by Gasteiger charge is -2.28. The van der Waals surface area contributed by atoms with Crippen LogP contribution >= 0.6 is 0 Å². The Bertz CT molecular complexity index is 456. The van der Waals surface area contributed by atoms with E-state index in [-0.39, 0.29) is 11.7 Å². The molecule has 1 atom stereocenters. The van der Waals surface area contributed by atoms with E-state index in [0.29, 0.717) is 12.5 Å². The lowest BCUT2D eigenvalue weighted by Crippen LogP contribution is -2.44. The van der Waals surface area contributed by atoms with Crippen molar-refractivity contribution in [3.63, 3.8) is 0 Å². The Balaban J connectivity index is 2.55. The number of amides is 2. The maximum Gasteiger partial charge on any atom is 0.319 e. The van der Waals surface area contributed by atoms with Gasteiger partial charge in [-0.05, 0) is 32.1 Å². The van der Waals surface area contributed by atoms with Gasteiger partial charge in [0.1, 0.15) is 11.6 Å². The third-order valence-corrected chi connectivity index (χ3v) is 3.08. The zero-order valence-corrected chi connectivity index (χ0v) is 12.2. The van der Waals surface area contributed by atoms with Crippen molar-refractivity contribution in [1.82, 2.24) is 10.2 Å². The van der Waals surface area contributed by atoms with Gasteiger partial charge in [0, 0.05) is 18.7 Å². The number of carbonyl (C=O) groups is 1. The molecule has 0 saturated carbocycles. The van der Waals surface area contributed by atoms with E-state index in [2.05, 4.69) is 24.5 Å². The van der Waals surface area contributed by atoms with Gasteiger partial charge in [-0.1, -0.05) is 13.8 Å². The van der Waals surface area contributed by atoms with Gasteiger partial charge in [0.05, 0.1) is 5.69 Å². The highest BCUT2D eigenvalue weighted by Crippen LogP contribution is 2.14. The Kier molecular flexibility index (Phi) is 5.88. The van der Waals surface area contributed by atoms with Gasteiger partial charge in [0.2, 0.25) is 0 Å². The van der Waals surface area contributed by atoms with Crippen LogP contribution in [-0.4, -0.2) is 37.6 Å². The van der Waals surface area contributed by atoms with Crippen molar-refractivity contribution < 1.29 is 13.6 Å². The van der Waals surface area contributed by atoms with Gasteiger partial charge >= 0.3 is 6.03 Å². The molecule has 0 aliphatic carbocycles. The van der Waals surface area contributed by atoms with Crippen LogP contribution in [0.4, 0.5) is 19.3 Å². The smallest absolute Gasteiger partial charge is 0.319 e. The molecule has 20 heavy (non-hydrogen) atoms. The first-order valence-electron chi connectivity index (χ1n) is 6.47. The zero-order valence-electron chi connectivity index (χ0n) is 12.2. The molecule has 1 aromatic carbocycles. The summed E-state index contributed by atoms with van der Waals surface area (Å²) in [6.07, 6.45) is 0. The summed E-state index contributed by atoms with van der Waals surface area (Å²) in [5.41, 5.74) is -0.0464. The van der Waals surface area contributed by atoms with E-state index in [4.69, 9.17) is 0 Å². The van der Waals surface area contributed by atoms with Crippen molar-refractivity contribution in [3.05, 3.63) is 29.8 Å². The number of hydrogen-bond donors (Lipinski definition) is 2. The number of hydrogen-bond acceptors (Lipinski definition) is 2. The van der Waals surface area contributed by atoms with Gasteiger partial charge in [-0.25, -0.2) is 13.6 Å². The SMILES string of the molecule is CC(C)[C@@H](CNC(=O)Nc1ccc(F)cc1F)N(C)C. The number of urea groups is 1. The lowest BCUT2D eigenvalue weighted by atomic mass is 10.0. The van der Waals surface area contributed by atoms with Gasteiger partial charge < -0.3 is 15.5 Å². The van der Waals surface area contributed by atoms with E-state index < -0.39 is 17.7 Å². The average molecular weight is 285 g/mol. The third-order valence-electron chi connectivity index (χ3n) is 3.08. The highest BCUT2D eigenvalue weighted by Gasteiger charge is 2.17. The fourth-order valence-corrected chi connectivity index (χ4v) is 1.97. The number of anilines is 1. The number of likely N-dealkylation sites (N-methyl/N-ethyl adjacent to an activating group) is 1. The fourth-order valence-electron chi connectivity index (χ4n) is 1.97. The summed E-state index contributed by atoms with van der Waals surface area (Å²) in [6, 6.07) is 2.68. The first-order valence-corrected chi connectivity index (χ1v) is 6.47. The van der Waals surface area contributed by atoms with Crippen LogP contribution in [0.25, 0.3) is 0 Å². The summed E-state index contributed by atoms with van der Waals surface area (Å²) >= 11 is 0. The van der Waals surface area contributed by atoms with Gasteiger partial charge in [-0.3, -0.25) is 0 Å².